The molecule has 2 aromatic rings. The number of aromatic nitrogens is 1. The normalized spacial score (nSPS) is 16.9. The van der Waals surface area contributed by atoms with E-state index in [4.69, 9.17) is 0 Å². The van der Waals surface area contributed by atoms with Gasteiger partial charge in [0, 0.05) is 18.1 Å². The number of anilines is 1. The number of nitrogens with one attached hydrogen (secondary N) is 1. The molecule has 1 amide bonds. The highest BCUT2D eigenvalue weighted by atomic mass is 79.9. The number of benzene rings is 1. The van der Waals surface area contributed by atoms with Crippen LogP contribution in [0.4, 0.5) is 18.9 Å². The molecule has 1 aliphatic heterocycles. The van der Waals surface area contributed by atoms with Crippen molar-refractivity contribution in [2.24, 2.45) is 10.9 Å². The zero-order valence-corrected chi connectivity index (χ0v) is 17.0. The molecule has 1 aromatic heterocycles. The maximum atomic E-state index is 13.1. The van der Waals surface area contributed by atoms with Crippen LogP contribution in [0.5, 0.6) is 0 Å². The van der Waals surface area contributed by atoms with E-state index in [-0.39, 0.29) is 6.54 Å². The number of allylic oxidation sites excluding steroid dienone is 1. The first-order valence-electron chi connectivity index (χ1n) is 8.65. The van der Waals surface area contributed by atoms with Crippen LogP contribution in [0.3, 0.4) is 0 Å². The second kappa shape index (κ2) is 8.32. The van der Waals surface area contributed by atoms with Gasteiger partial charge in [0.2, 0.25) is 5.91 Å². The van der Waals surface area contributed by atoms with Crippen molar-refractivity contribution in [2.75, 3.05) is 11.9 Å². The van der Waals surface area contributed by atoms with E-state index >= 15 is 0 Å². The number of hydrogen-bond donors (Lipinski definition) is 1. The van der Waals surface area contributed by atoms with Crippen molar-refractivity contribution < 1.29 is 18.0 Å². The second-order valence-electron chi connectivity index (χ2n) is 6.61. The number of carbonyl (C=O) groups is 1. The fourth-order valence-electron chi connectivity index (χ4n) is 2.93. The molecule has 3 rings (SSSR count). The smallest absolute Gasteiger partial charge is 0.325 e. The van der Waals surface area contributed by atoms with Gasteiger partial charge < -0.3 is 5.32 Å². The van der Waals surface area contributed by atoms with Gasteiger partial charge in [-0.1, -0.05) is 18.7 Å². The predicted molar refractivity (Wildman–Crippen MR) is 111 cm³/mol. The highest BCUT2D eigenvalue weighted by Crippen LogP contribution is 2.31. The van der Waals surface area contributed by atoms with Crippen molar-refractivity contribution in [3.05, 3.63) is 70.5 Å². The number of halogens is 4. The van der Waals surface area contributed by atoms with Gasteiger partial charge in [-0.2, -0.15) is 13.2 Å². The molecule has 1 aliphatic rings. The molecule has 0 saturated carbocycles. The maximum Gasteiger partial charge on any atom is 0.417 e. The van der Waals surface area contributed by atoms with Gasteiger partial charge in [-0.15, -0.1) is 0 Å². The van der Waals surface area contributed by atoms with E-state index < -0.39 is 23.6 Å². The molecule has 29 heavy (non-hydrogen) atoms. The summed E-state index contributed by atoms with van der Waals surface area (Å²) in [5.41, 5.74) is 2.56. The maximum absolute atomic E-state index is 13.1. The quantitative estimate of drug-likeness (QED) is 0.482. The molecule has 0 saturated heterocycles. The summed E-state index contributed by atoms with van der Waals surface area (Å²) < 4.78 is 40.0. The molecule has 2 heterocycles. The van der Waals surface area contributed by atoms with Crippen molar-refractivity contribution in [3.63, 3.8) is 0 Å². The van der Waals surface area contributed by atoms with Gasteiger partial charge in [-0.25, -0.2) is 4.98 Å². The Balaban J connectivity index is 1.89. The summed E-state index contributed by atoms with van der Waals surface area (Å²) in [7, 11) is 0. The minimum absolute atomic E-state index is 0.0433. The van der Waals surface area contributed by atoms with E-state index in [0.29, 0.717) is 15.9 Å². The van der Waals surface area contributed by atoms with Gasteiger partial charge in [0.05, 0.1) is 18.0 Å². The van der Waals surface area contributed by atoms with Crippen LogP contribution in [0.1, 0.15) is 5.56 Å². The lowest BCUT2D eigenvalue weighted by Gasteiger charge is -2.16. The average Bonchev–Trinajstić information content (AvgIpc) is 2.85. The zero-order valence-electron chi connectivity index (χ0n) is 15.4. The van der Waals surface area contributed by atoms with Crippen LogP contribution in [-0.4, -0.2) is 29.8 Å². The van der Waals surface area contributed by atoms with E-state index in [1.807, 2.05) is 25.1 Å². The molecule has 4 nitrogen and oxygen atoms in total. The summed E-state index contributed by atoms with van der Waals surface area (Å²) in [6.07, 6.45) is -1.32. The Kier molecular flexibility index (Phi) is 6.02. The fourth-order valence-corrected chi connectivity index (χ4v) is 3.29. The summed E-state index contributed by atoms with van der Waals surface area (Å²) in [6, 6.07) is 9.00. The average molecular weight is 464 g/mol. The van der Waals surface area contributed by atoms with Crippen molar-refractivity contribution in [3.8, 4) is 11.1 Å². The lowest BCUT2D eigenvalue weighted by Crippen LogP contribution is -2.25. The Bertz CT molecular complexity index is 1030. The lowest BCUT2D eigenvalue weighted by molar-refractivity contribution is -0.117. The predicted octanol–water partition coefficient (Wildman–Crippen LogP) is 5.50. The van der Waals surface area contributed by atoms with Crippen LogP contribution in [0, 0.1) is 12.8 Å². The van der Waals surface area contributed by atoms with Crippen LogP contribution in [0.15, 0.2) is 69.9 Å². The second-order valence-corrected chi connectivity index (χ2v) is 7.42. The van der Waals surface area contributed by atoms with Gasteiger partial charge >= 0.3 is 6.18 Å². The largest absolute Gasteiger partial charge is 0.417 e. The highest BCUT2D eigenvalue weighted by Gasteiger charge is 2.35. The Hall–Kier alpha value is -2.74. The van der Waals surface area contributed by atoms with E-state index in [1.54, 1.807) is 18.3 Å². The Labute approximate surface area is 174 Å². The number of hydrogen-bond acceptors (Lipinski definition) is 3. The Morgan fingerprint density at radius 3 is 2.72 bits per heavy atom. The number of aliphatic imine (C=N–C) groups is 1. The van der Waals surface area contributed by atoms with Crippen LogP contribution >= 0.6 is 15.9 Å². The summed E-state index contributed by atoms with van der Waals surface area (Å²) in [6.45, 7) is 5.61. The van der Waals surface area contributed by atoms with Crippen molar-refractivity contribution in [1.29, 1.82) is 0 Å². The van der Waals surface area contributed by atoms with E-state index in [1.165, 1.54) is 0 Å². The third-order valence-electron chi connectivity index (χ3n) is 4.46. The molecule has 1 atom stereocenters. The minimum atomic E-state index is -4.58. The number of alkyl halides is 3. The van der Waals surface area contributed by atoms with Crippen LogP contribution in [-0.2, 0) is 4.79 Å². The highest BCUT2D eigenvalue weighted by molar-refractivity contribution is 9.10. The Morgan fingerprint density at radius 1 is 1.28 bits per heavy atom. The molecule has 0 aliphatic carbocycles. The third kappa shape index (κ3) is 5.00. The molecule has 0 radical (unpaired) electrons. The standard InChI is InChI=1S/C21H17BrF3N3O/c1-12-3-4-16(9-17(12)14-5-6-27-19(22)7-14)28-20(29)18-8-15(21(23,24)25)11-26-10-13(18)2/h3-9,11,18H,2,10H2,1H3,(H,28,29). The first-order chi connectivity index (χ1) is 13.6. The minimum Gasteiger partial charge on any atom is -0.325 e. The van der Waals surface area contributed by atoms with Crippen LogP contribution in [0.2, 0.25) is 0 Å². The summed E-state index contributed by atoms with van der Waals surface area (Å²) in [5.74, 6) is -1.72. The van der Waals surface area contributed by atoms with Gasteiger partial charge in [0.1, 0.15) is 4.60 Å². The Morgan fingerprint density at radius 2 is 2.03 bits per heavy atom. The molecule has 0 fully saturated rings. The van der Waals surface area contributed by atoms with Crippen molar-refractivity contribution in [1.82, 2.24) is 4.98 Å². The van der Waals surface area contributed by atoms with Gasteiger partial charge in [-0.3, -0.25) is 9.79 Å². The molecular weight excluding hydrogens is 447 g/mol. The number of carbonyl (C=O) groups excluding carboxylic acids is 1. The van der Waals surface area contributed by atoms with Crippen molar-refractivity contribution >= 4 is 33.7 Å². The van der Waals surface area contributed by atoms with E-state index in [9.17, 15) is 18.0 Å². The fraction of sp³-hybridized carbons (Fsp3) is 0.190. The van der Waals surface area contributed by atoms with Gasteiger partial charge in [0.25, 0.3) is 0 Å². The molecule has 8 heteroatoms. The molecule has 0 spiro atoms. The van der Waals surface area contributed by atoms with Crippen LogP contribution in [0.25, 0.3) is 11.1 Å². The van der Waals surface area contributed by atoms with E-state index in [2.05, 4.69) is 37.8 Å². The number of rotatable bonds is 3. The zero-order chi connectivity index (χ0) is 21.2. The first-order valence-corrected chi connectivity index (χ1v) is 9.44. The van der Waals surface area contributed by atoms with Gasteiger partial charge in [-0.05, 0) is 69.4 Å². The number of aryl methyl sites for hydroxylation is 1. The number of nitrogens with zero attached hydrogens (tertiary/aromatic N) is 2. The summed E-state index contributed by atoms with van der Waals surface area (Å²) in [4.78, 5) is 20.5. The molecular formula is C21H17BrF3N3O. The molecule has 1 unspecified atom stereocenters. The molecule has 1 aromatic carbocycles. The molecule has 0 bridgehead atoms. The number of pyridine rings is 1. The topological polar surface area (TPSA) is 54.4 Å². The lowest BCUT2D eigenvalue weighted by atomic mass is 9.96. The summed E-state index contributed by atoms with van der Waals surface area (Å²) >= 11 is 3.33. The molecule has 1 N–H and O–H groups in total. The first kappa shape index (κ1) is 21.0. The third-order valence-corrected chi connectivity index (χ3v) is 4.90. The van der Waals surface area contributed by atoms with Gasteiger partial charge in [0.15, 0.2) is 0 Å². The SMILES string of the molecule is C=C1CN=CC(C(F)(F)F)=CC1C(=O)Nc1ccc(C)c(-c2ccnc(Br)c2)c1. The summed E-state index contributed by atoms with van der Waals surface area (Å²) in [5, 5.41) is 2.70. The monoisotopic (exact) mass is 463 g/mol. The van der Waals surface area contributed by atoms with Crippen LogP contribution < -0.4 is 5.32 Å². The molecule has 150 valence electrons. The van der Waals surface area contributed by atoms with Crippen molar-refractivity contribution in [2.45, 2.75) is 13.1 Å². The van der Waals surface area contributed by atoms with E-state index in [0.717, 1.165) is 29.0 Å². The number of amides is 1.